The zero-order chi connectivity index (χ0) is 13.7. The van der Waals surface area contributed by atoms with Crippen LogP contribution in [0.3, 0.4) is 0 Å². The molecular formula is C13H19NO4. The van der Waals surface area contributed by atoms with Gasteiger partial charge in [0.25, 0.3) is 0 Å². The molecule has 18 heavy (non-hydrogen) atoms. The minimum Gasteiger partial charge on any atom is -0.496 e. The zero-order valence-corrected chi connectivity index (χ0v) is 11.1. The monoisotopic (exact) mass is 253 g/mol. The first-order chi connectivity index (χ1) is 8.53. The number of carbonyl (C=O) groups is 1. The first kappa shape index (κ1) is 14.3. The van der Waals surface area contributed by atoms with Crippen molar-refractivity contribution < 1.29 is 19.4 Å². The molecule has 1 amide bonds. The van der Waals surface area contributed by atoms with Gasteiger partial charge in [-0.3, -0.25) is 4.79 Å². The first-order valence-corrected chi connectivity index (χ1v) is 5.64. The lowest BCUT2D eigenvalue weighted by Crippen LogP contribution is -2.29. The van der Waals surface area contributed by atoms with Crippen LogP contribution in [-0.2, 0) is 4.79 Å². The van der Waals surface area contributed by atoms with Gasteiger partial charge >= 0.3 is 0 Å². The standard InChI is InChI=1S/C13H19NO4/c1-8-5-13(18-4)10(6-12(8)17-3)11(7-15)14-9(2)16/h5-6,11,15H,7H2,1-4H3,(H,14,16). The topological polar surface area (TPSA) is 67.8 Å². The van der Waals surface area contributed by atoms with Crippen LogP contribution in [0.1, 0.15) is 24.1 Å². The molecule has 5 heteroatoms. The number of carbonyl (C=O) groups excluding carboxylic acids is 1. The van der Waals surface area contributed by atoms with Crippen molar-refractivity contribution >= 4 is 5.91 Å². The molecule has 0 saturated heterocycles. The van der Waals surface area contributed by atoms with Gasteiger partial charge in [-0.05, 0) is 24.6 Å². The molecule has 100 valence electrons. The molecule has 1 aromatic carbocycles. The van der Waals surface area contributed by atoms with E-state index in [1.807, 2.05) is 13.0 Å². The van der Waals surface area contributed by atoms with Gasteiger partial charge in [0.05, 0.1) is 26.9 Å². The summed E-state index contributed by atoms with van der Waals surface area (Å²) < 4.78 is 10.5. The second kappa shape index (κ2) is 6.26. The molecule has 1 atom stereocenters. The van der Waals surface area contributed by atoms with E-state index in [4.69, 9.17) is 9.47 Å². The summed E-state index contributed by atoms with van der Waals surface area (Å²) in [6, 6.07) is 3.08. The van der Waals surface area contributed by atoms with Crippen LogP contribution in [0.5, 0.6) is 11.5 Å². The molecule has 1 unspecified atom stereocenters. The first-order valence-electron chi connectivity index (χ1n) is 5.64. The van der Waals surface area contributed by atoms with Gasteiger partial charge in [-0.25, -0.2) is 0 Å². The van der Waals surface area contributed by atoms with Crippen molar-refractivity contribution in [1.29, 1.82) is 0 Å². The van der Waals surface area contributed by atoms with Crippen LogP contribution >= 0.6 is 0 Å². The highest BCUT2D eigenvalue weighted by Crippen LogP contribution is 2.32. The Kier molecular flexibility index (Phi) is 4.97. The van der Waals surface area contributed by atoms with Gasteiger partial charge in [0.1, 0.15) is 11.5 Å². The third-order valence-electron chi connectivity index (χ3n) is 2.68. The Balaban J connectivity index is 3.22. The minimum atomic E-state index is -0.507. The maximum absolute atomic E-state index is 11.1. The van der Waals surface area contributed by atoms with Crippen molar-refractivity contribution in [3.05, 3.63) is 23.3 Å². The number of hydrogen-bond donors (Lipinski definition) is 2. The van der Waals surface area contributed by atoms with Crippen LogP contribution in [0.2, 0.25) is 0 Å². The van der Waals surface area contributed by atoms with E-state index in [1.165, 1.54) is 6.92 Å². The second-order valence-corrected chi connectivity index (χ2v) is 4.00. The van der Waals surface area contributed by atoms with E-state index in [0.29, 0.717) is 17.1 Å². The van der Waals surface area contributed by atoms with E-state index >= 15 is 0 Å². The van der Waals surface area contributed by atoms with Crippen molar-refractivity contribution in [3.8, 4) is 11.5 Å². The van der Waals surface area contributed by atoms with Gasteiger partial charge in [0, 0.05) is 12.5 Å². The van der Waals surface area contributed by atoms with Gasteiger partial charge < -0.3 is 19.9 Å². The third kappa shape index (κ3) is 3.13. The summed E-state index contributed by atoms with van der Waals surface area (Å²) >= 11 is 0. The lowest BCUT2D eigenvalue weighted by Gasteiger charge is -2.20. The van der Waals surface area contributed by atoms with Gasteiger partial charge in [0.2, 0.25) is 5.91 Å². The average Bonchev–Trinajstić information content (AvgIpc) is 2.35. The van der Waals surface area contributed by atoms with E-state index < -0.39 is 6.04 Å². The molecule has 1 rings (SSSR count). The Morgan fingerprint density at radius 3 is 2.39 bits per heavy atom. The maximum atomic E-state index is 11.1. The SMILES string of the molecule is COc1cc(C(CO)NC(C)=O)c(OC)cc1C. The van der Waals surface area contributed by atoms with Crippen molar-refractivity contribution in [1.82, 2.24) is 5.32 Å². The summed E-state index contributed by atoms with van der Waals surface area (Å²) in [5, 5.41) is 12.0. The van der Waals surface area contributed by atoms with Gasteiger partial charge in [-0.1, -0.05) is 0 Å². The normalized spacial score (nSPS) is 11.8. The fraction of sp³-hybridized carbons (Fsp3) is 0.462. The molecule has 0 heterocycles. The molecule has 0 aliphatic carbocycles. The van der Waals surface area contributed by atoms with Crippen LogP contribution in [0.15, 0.2) is 12.1 Å². The molecule has 2 N–H and O–H groups in total. The van der Waals surface area contributed by atoms with Crippen LogP contribution in [0.4, 0.5) is 0 Å². The Morgan fingerprint density at radius 2 is 1.94 bits per heavy atom. The van der Waals surface area contributed by atoms with Gasteiger partial charge in [-0.2, -0.15) is 0 Å². The number of nitrogens with one attached hydrogen (secondary N) is 1. The van der Waals surface area contributed by atoms with Crippen molar-refractivity contribution in [2.24, 2.45) is 0 Å². The highest BCUT2D eigenvalue weighted by Gasteiger charge is 2.18. The van der Waals surface area contributed by atoms with Crippen LogP contribution in [0.25, 0.3) is 0 Å². The molecule has 0 saturated carbocycles. The molecule has 0 aliphatic heterocycles. The highest BCUT2D eigenvalue weighted by molar-refractivity contribution is 5.73. The fourth-order valence-electron chi connectivity index (χ4n) is 1.81. The second-order valence-electron chi connectivity index (χ2n) is 4.00. The number of rotatable bonds is 5. The van der Waals surface area contributed by atoms with Gasteiger partial charge in [0.15, 0.2) is 0 Å². The Hall–Kier alpha value is -1.75. The van der Waals surface area contributed by atoms with E-state index in [9.17, 15) is 9.90 Å². The molecule has 0 fully saturated rings. The number of methoxy groups -OCH3 is 2. The number of aliphatic hydroxyl groups excluding tert-OH is 1. The maximum Gasteiger partial charge on any atom is 0.217 e. The zero-order valence-electron chi connectivity index (χ0n) is 11.1. The summed E-state index contributed by atoms with van der Waals surface area (Å²) in [6.07, 6.45) is 0. The molecule has 0 aromatic heterocycles. The Morgan fingerprint density at radius 1 is 1.33 bits per heavy atom. The number of aliphatic hydroxyl groups is 1. The number of hydrogen-bond acceptors (Lipinski definition) is 4. The predicted molar refractivity (Wildman–Crippen MR) is 67.9 cm³/mol. The fourth-order valence-corrected chi connectivity index (χ4v) is 1.81. The number of aryl methyl sites for hydroxylation is 1. The largest absolute Gasteiger partial charge is 0.496 e. The van der Waals surface area contributed by atoms with Crippen molar-refractivity contribution in [3.63, 3.8) is 0 Å². The average molecular weight is 253 g/mol. The molecular weight excluding hydrogens is 234 g/mol. The van der Waals surface area contributed by atoms with Crippen LogP contribution in [-0.4, -0.2) is 31.8 Å². The van der Waals surface area contributed by atoms with Crippen molar-refractivity contribution in [2.45, 2.75) is 19.9 Å². The van der Waals surface area contributed by atoms with E-state index in [0.717, 1.165) is 5.56 Å². The third-order valence-corrected chi connectivity index (χ3v) is 2.68. The Labute approximate surface area is 107 Å². The summed E-state index contributed by atoms with van der Waals surface area (Å²) in [7, 11) is 3.12. The summed E-state index contributed by atoms with van der Waals surface area (Å²) in [6.45, 7) is 3.10. The molecule has 0 bridgehead atoms. The molecule has 0 spiro atoms. The molecule has 0 radical (unpaired) electrons. The number of benzene rings is 1. The van der Waals surface area contributed by atoms with E-state index in [2.05, 4.69) is 5.32 Å². The lowest BCUT2D eigenvalue weighted by molar-refractivity contribution is -0.120. The summed E-state index contributed by atoms with van der Waals surface area (Å²) in [5.74, 6) is 1.09. The highest BCUT2D eigenvalue weighted by atomic mass is 16.5. The molecule has 0 aliphatic rings. The number of amides is 1. The van der Waals surface area contributed by atoms with E-state index in [1.54, 1.807) is 20.3 Å². The minimum absolute atomic E-state index is 0.206. The van der Waals surface area contributed by atoms with Gasteiger partial charge in [-0.15, -0.1) is 0 Å². The summed E-state index contributed by atoms with van der Waals surface area (Å²) in [5.41, 5.74) is 1.62. The van der Waals surface area contributed by atoms with Crippen molar-refractivity contribution in [2.75, 3.05) is 20.8 Å². The van der Waals surface area contributed by atoms with Crippen LogP contribution < -0.4 is 14.8 Å². The quantitative estimate of drug-likeness (QED) is 0.827. The van der Waals surface area contributed by atoms with E-state index in [-0.39, 0.29) is 12.5 Å². The smallest absolute Gasteiger partial charge is 0.217 e. The summed E-state index contributed by atoms with van der Waals surface area (Å²) in [4.78, 5) is 11.1. The number of ether oxygens (including phenoxy) is 2. The Bertz CT molecular complexity index is 431. The predicted octanol–water partition coefficient (Wildman–Crippen LogP) is 1.18. The molecule has 5 nitrogen and oxygen atoms in total. The molecule has 1 aromatic rings. The lowest BCUT2D eigenvalue weighted by atomic mass is 10.0. The van der Waals surface area contributed by atoms with Crippen LogP contribution in [0, 0.1) is 6.92 Å².